The van der Waals surface area contributed by atoms with Crippen molar-refractivity contribution in [2.75, 3.05) is 18.4 Å². The molecule has 1 fully saturated rings. The second kappa shape index (κ2) is 7.69. The van der Waals surface area contributed by atoms with E-state index in [1.165, 1.54) is 0 Å². The van der Waals surface area contributed by atoms with Gasteiger partial charge in [-0.25, -0.2) is 0 Å². The molecule has 0 saturated carbocycles. The lowest BCUT2D eigenvalue weighted by Gasteiger charge is -2.32. The molecule has 0 spiro atoms. The average molecular weight is 331 g/mol. The summed E-state index contributed by atoms with van der Waals surface area (Å²) in [5, 5.41) is 3.49. The van der Waals surface area contributed by atoms with E-state index in [9.17, 15) is 9.59 Å². The summed E-state index contributed by atoms with van der Waals surface area (Å²) in [4.78, 5) is 26.1. The van der Waals surface area contributed by atoms with E-state index in [0.29, 0.717) is 30.6 Å². The Hall–Kier alpha value is -2.04. The Balaban J connectivity index is 2.19. The lowest BCUT2D eigenvalue weighted by Crippen LogP contribution is -2.44. The molecule has 132 valence electrons. The van der Waals surface area contributed by atoms with Crippen LogP contribution in [0.4, 0.5) is 5.69 Å². The third-order valence-electron chi connectivity index (χ3n) is 5.06. The number of nitrogens with one attached hydrogen (secondary N) is 1. The zero-order chi connectivity index (χ0) is 17.9. The van der Waals surface area contributed by atoms with Gasteiger partial charge in [-0.2, -0.15) is 0 Å². The standard InChI is InChI=1S/C19H29N3O2/c1-12(2)14(4)21-17-9-5-8-16(13(17)3)19(24)22-10-6-7-15(11-22)18(20)23/h5,8-9,12,14-15,21H,6-7,10-11H2,1-4H3,(H2,20,23)/t14-,15+/m0/s1. The Bertz CT molecular complexity index is 613. The summed E-state index contributed by atoms with van der Waals surface area (Å²) >= 11 is 0. The summed E-state index contributed by atoms with van der Waals surface area (Å²) in [6.07, 6.45) is 1.59. The smallest absolute Gasteiger partial charge is 0.254 e. The maximum Gasteiger partial charge on any atom is 0.254 e. The van der Waals surface area contributed by atoms with Gasteiger partial charge < -0.3 is 16.0 Å². The number of primary amides is 1. The fourth-order valence-corrected chi connectivity index (χ4v) is 3.00. The molecular formula is C19H29N3O2. The summed E-state index contributed by atoms with van der Waals surface area (Å²) in [5.74, 6) is -0.0582. The number of rotatable bonds is 5. The summed E-state index contributed by atoms with van der Waals surface area (Å²) in [6, 6.07) is 6.10. The monoisotopic (exact) mass is 331 g/mol. The minimum Gasteiger partial charge on any atom is -0.382 e. The maximum atomic E-state index is 12.9. The molecule has 1 saturated heterocycles. The number of amides is 2. The van der Waals surface area contributed by atoms with E-state index in [-0.39, 0.29) is 17.7 Å². The first-order valence-corrected chi connectivity index (χ1v) is 8.76. The van der Waals surface area contributed by atoms with Gasteiger partial charge in [0.2, 0.25) is 5.91 Å². The Kier molecular flexibility index (Phi) is 5.86. The van der Waals surface area contributed by atoms with Crippen molar-refractivity contribution in [2.45, 2.75) is 46.6 Å². The highest BCUT2D eigenvalue weighted by Gasteiger charge is 2.28. The third kappa shape index (κ3) is 4.08. The Morgan fingerprint density at radius 2 is 2.00 bits per heavy atom. The van der Waals surface area contributed by atoms with Crippen molar-refractivity contribution in [3.8, 4) is 0 Å². The second-order valence-corrected chi connectivity index (χ2v) is 7.15. The van der Waals surface area contributed by atoms with Crippen molar-refractivity contribution >= 4 is 17.5 Å². The number of piperidine rings is 1. The number of hydrogen-bond donors (Lipinski definition) is 2. The molecule has 2 amide bonds. The number of carbonyl (C=O) groups is 2. The zero-order valence-electron chi connectivity index (χ0n) is 15.1. The molecule has 1 heterocycles. The molecule has 1 aromatic rings. The summed E-state index contributed by atoms with van der Waals surface area (Å²) in [6.45, 7) is 9.55. The normalized spacial score (nSPS) is 19.2. The van der Waals surface area contributed by atoms with Crippen molar-refractivity contribution in [3.63, 3.8) is 0 Å². The van der Waals surface area contributed by atoms with Gasteiger partial charge in [-0.05, 0) is 50.3 Å². The van der Waals surface area contributed by atoms with Gasteiger partial charge in [0, 0.05) is 30.4 Å². The Morgan fingerprint density at radius 3 is 2.62 bits per heavy atom. The maximum absolute atomic E-state index is 12.9. The zero-order valence-corrected chi connectivity index (χ0v) is 15.1. The van der Waals surface area contributed by atoms with Crippen molar-refractivity contribution in [3.05, 3.63) is 29.3 Å². The molecule has 1 aliphatic heterocycles. The lowest BCUT2D eigenvalue weighted by atomic mass is 9.96. The molecule has 24 heavy (non-hydrogen) atoms. The first-order valence-electron chi connectivity index (χ1n) is 8.76. The minimum absolute atomic E-state index is 0.0145. The molecule has 5 heteroatoms. The number of likely N-dealkylation sites (tertiary alicyclic amines) is 1. The molecular weight excluding hydrogens is 302 g/mol. The van der Waals surface area contributed by atoms with Gasteiger partial charge in [0.05, 0.1) is 5.92 Å². The van der Waals surface area contributed by atoms with Crippen molar-refractivity contribution in [2.24, 2.45) is 17.6 Å². The third-order valence-corrected chi connectivity index (χ3v) is 5.06. The van der Waals surface area contributed by atoms with Crippen molar-refractivity contribution < 1.29 is 9.59 Å². The molecule has 5 nitrogen and oxygen atoms in total. The first kappa shape index (κ1) is 18.3. The number of nitrogens with two attached hydrogens (primary N) is 1. The van der Waals surface area contributed by atoms with Gasteiger partial charge in [0.1, 0.15) is 0 Å². The Morgan fingerprint density at radius 1 is 1.29 bits per heavy atom. The minimum atomic E-state index is -0.314. The Labute approximate surface area is 144 Å². The van der Waals surface area contributed by atoms with Crippen LogP contribution in [0.3, 0.4) is 0 Å². The van der Waals surface area contributed by atoms with Gasteiger partial charge in [-0.1, -0.05) is 19.9 Å². The van der Waals surface area contributed by atoms with E-state index in [0.717, 1.165) is 24.1 Å². The van der Waals surface area contributed by atoms with E-state index < -0.39 is 0 Å². The molecule has 1 aliphatic rings. The summed E-state index contributed by atoms with van der Waals surface area (Å²) in [7, 11) is 0. The fourth-order valence-electron chi connectivity index (χ4n) is 3.00. The number of nitrogens with zero attached hydrogens (tertiary/aromatic N) is 1. The van der Waals surface area contributed by atoms with Gasteiger partial charge in [-0.15, -0.1) is 0 Å². The lowest BCUT2D eigenvalue weighted by molar-refractivity contribution is -0.123. The van der Waals surface area contributed by atoms with Gasteiger partial charge in [0.25, 0.3) is 5.91 Å². The number of anilines is 1. The second-order valence-electron chi connectivity index (χ2n) is 7.15. The molecule has 0 radical (unpaired) electrons. The van der Waals surface area contributed by atoms with Gasteiger partial charge >= 0.3 is 0 Å². The van der Waals surface area contributed by atoms with Crippen LogP contribution in [0.5, 0.6) is 0 Å². The molecule has 2 atom stereocenters. The van der Waals surface area contributed by atoms with Crippen LogP contribution in [-0.2, 0) is 4.79 Å². The van der Waals surface area contributed by atoms with Crippen LogP contribution >= 0.6 is 0 Å². The molecule has 0 aliphatic carbocycles. The predicted octanol–water partition coefficient (Wildman–Crippen LogP) is 2.79. The van der Waals surface area contributed by atoms with Gasteiger partial charge in [0.15, 0.2) is 0 Å². The van der Waals surface area contributed by atoms with Crippen LogP contribution in [0, 0.1) is 18.8 Å². The van der Waals surface area contributed by atoms with E-state index >= 15 is 0 Å². The quantitative estimate of drug-likeness (QED) is 0.871. The van der Waals surface area contributed by atoms with Crippen LogP contribution in [0.2, 0.25) is 0 Å². The van der Waals surface area contributed by atoms with Crippen LogP contribution in [0.25, 0.3) is 0 Å². The summed E-state index contributed by atoms with van der Waals surface area (Å²) < 4.78 is 0. The topological polar surface area (TPSA) is 75.4 Å². The van der Waals surface area contributed by atoms with Crippen LogP contribution in [0.1, 0.15) is 49.5 Å². The predicted molar refractivity (Wildman–Crippen MR) is 96.9 cm³/mol. The largest absolute Gasteiger partial charge is 0.382 e. The SMILES string of the molecule is Cc1c(N[C@@H](C)C(C)C)cccc1C(=O)N1CCC[C@@H](C(N)=O)C1. The summed E-state index contributed by atoms with van der Waals surface area (Å²) in [5.41, 5.74) is 8.06. The average Bonchev–Trinajstić information content (AvgIpc) is 2.56. The molecule has 0 aromatic heterocycles. The number of carbonyl (C=O) groups excluding carboxylic acids is 2. The fraction of sp³-hybridized carbons (Fsp3) is 0.579. The van der Waals surface area contributed by atoms with Crippen molar-refractivity contribution in [1.29, 1.82) is 0 Å². The van der Waals surface area contributed by atoms with E-state index in [2.05, 4.69) is 26.1 Å². The van der Waals surface area contributed by atoms with Crippen molar-refractivity contribution in [1.82, 2.24) is 4.90 Å². The van der Waals surface area contributed by atoms with Gasteiger partial charge in [-0.3, -0.25) is 9.59 Å². The van der Waals surface area contributed by atoms with Crippen LogP contribution in [0.15, 0.2) is 18.2 Å². The molecule has 0 unspecified atom stereocenters. The van der Waals surface area contributed by atoms with E-state index in [4.69, 9.17) is 5.73 Å². The molecule has 2 rings (SSSR count). The van der Waals surface area contributed by atoms with Crippen LogP contribution < -0.4 is 11.1 Å². The first-order chi connectivity index (χ1) is 11.3. The number of benzene rings is 1. The number of hydrogen-bond acceptors (Lipinski definition) is 3. The molecule has 3 N–H and O–H groups in total. The highest BCUT2D eigenvalue weighted by atomic mass is 16.2. The highest BCUT2D eigenvalue weighted by Crippen LogP contribution is 2.24. The van der Waals surface area contributed by atoms with E-state index in [1.807, 2.05) is 25.1 Å². The molecule has 0 bridgehead atoms. The highest BCUT2D eigenvalue weighted by molar-refractivity contribution is 5.97. The van der Waals surface area contributed by atoms with Crippen LogP contribution in [-0.4, -0.2) is 35.8 Å². The van der Waals surface area contributed by atoms with E-state index in [1.54, 1.807) is 4.90 Å². The molecule has 1 aromatic carbocycles.